The van der Waals surface area contributed by atoms with Crippen LogP contribution in [0.4, 0.5) is 0 Å². The van der Waals surface area contributed by atoms with Gasteiger partial charge in [0.05, 0.1) is 11.5 Å². The molecule has 2 fully saturated rings. The first kappa shape index (κ1) is 23.0. The highest BCUT2D eigenvalue weighted by molar-refractivity contribution is 5.89. The smallest absolute Gasteiger partial charge is 0.342 e. The monoisotopic (exact) mass is 448 g/mol. The summed E-state index contributed by atoms with van der Waals surface area (Å²) >= 11 is 0. The molecule has 0 saturated carbocycles. The summed E-state index contributed by atoms with van der Waals surface area (Å²) in [5.74, 6) is -2.00. The summed E-state index contributed by atoms with van der Waals surface area (Å²) in [4.78, 5) is 36.7. The number of rotatable bonds is 2. The van der Waals surface area contributed by atoms with Gasteiger partial charge in [-0.3, -0.25) is 9.59 Å². The van der Waals surface area contributed by atoms with Gasteiger partial charge in [0.25, 0.3) is 0 Å². The summed E-state index contributed by atoms with van der Waals surface area (Å²) in [6, 6.07) is 0. The SMILES string of the molecule is CC(=O)O[C@H]1CC=C(C)[C@@H]2[C@@H](O)[C@]34O[C@]3(C)C(=O)O[C@H]4C=C(C)CC[C@@H](OC(C)=O)[C@@]12C. The highest BCUT2D eigenvalue weighted by Gasteiger charge is 2.85. The van der Waals surface area contributed by atoms with Crippen molar-refractivity contribution < 1.29 is 38.4 Å². The fraction of sp³-hybridized carbons (Fsp3) is 0.708. The molecule has 2 aliphatic heterocycles. The van der Waals surface area contributed by atoms with E-state index < -0.39 is 64.9 Å². The lowest BCUT2D eigenvalue weighted by molar-refractivity contribution is -0.190. The summed E-state index contributed by atoms with van der Waals surface area (Å²) in [5, 5.41) is 11.9. The van der Waals surface area contributed by atoms with Gasteiger partial charge in [-0.1, -0.05) is 24.1 Å². The Kier molecular flexibility index (Phi) is 5.33. The Labute approximate surface area is 187 Å². The van der Waals surface area contributed by atoms with Gasteiger partial charge in [-0.2, -0.15) is 0 Å². The number of esters is 3. The molecule has 2 saturated heterocycles. The Morgan fingerprint density at radius 2 is 1.75 bits per heavy atom. The van der Waals surface area contributed by atoms with E-state index in [9.17, 15) is 19.5 Å². The average molecular weight is 449 g/mol. The van der Waals surface area contributed by atoms with Crippen LogP contribution in [0.5, 0.6) is 0 Å². The minimum atomic E-state index is -1.26. The number of hydrogen-bond donors (Lipinski definition) is 1. The predicted molar refractivity (Wildman–Crippen MR) is 112 cm³/mol. The number of aliphatic hydroxyl groups is 1. The van der Waals surface area contributed by atoms with E-state index in [4.69, 9.17) is 18.9 Å². The third-order valence-electron chi connectivity index (χ3n) is 7.93. The molecule has 0 aromatic carbocycles. The van der Waals surface area contributed by atoms with Crippen molar-refractivity contribution in [2.45, 2.75) is 96.4 Å². The molecule has 2 aliphatic carbocycles. The number of carbonyl (C=O) groups excluding carboxylic acids is 3. The van der Waals surface area contributed by atoms with E-state index in [2.05, 4.69) is 0 Å². The van der Waals surface area contributed by atoms with Crippen LogP contribution in [-0.2, 0) is 33.3 Å². The normalized spacial score (nSPS) is 45.2. The lowest BCUT2D eigenvalue weighted by Gasteiger charge is -2.52. The summed E-state index contributed by atoms with van der Waals surface area (Å²) in [6.07, 6.45) is 2.09. The second kappa shape index (κ2) is 7.42. The second-order valence-electron chi connectivity index (χ2n) is 9.97. The maximum Gasteiger partial charge on any atom is 0.342 e. The summed E-state index contributed by atoms with van der Waals surface area (Å²) in [6.45, 7) is 10.0. The van der Waals surface area contributed by atoms with Gasteiger partial charge in [-0.25, -0.2) is 4.79 Å². The van der Waals surface area contributed by atoms with Crippen LogP contribution >= 0.6 is 0 Å². The maximum atomic E-state index is 12.6. The lowest BCUT2D eigenvalue weighted by atomic mass is 9.57. The van der Waals surface area contributed by atoms with Gasteiger partial charge in [0, 0.05) is 26.2 Å². The van der Waals surface area contributed by atoms with Crippen LogP contribution in [0.2, 0.25) is 0 Å². The highest BCUT2D eigenvalue weighted by atomic mass is 16.7. The molecule has 1 N–H and O–H groups in total. The van der Waals surface area contributed by atoms with Crippen molar-refractivity contribution in [3.8, 4) is 0 Å². The Hall–Kier alpha value is -2.19. The molecule has 32 heavy (non-hydrogen) atoms. The molecule has 0 radical (unpaired) electrons. The van der Waals surface area contributed by atoms with Crippen LogP contribution in [0.25, 0.3) is 0 Å². The summed E-state index contributed by atoms with van der Waals surface area (Å²) < 4.78 is 23.2. The third-order valence-corrected chi connectivity index (χ3v) is 7.93. The Morgan fingerprint density at radius 3 is 2.34 bits per heavy atom. The summed E-state index contributed by atoms with van der Waals surface area (Å²) in [5.41, 5.74) is -1.68. The molecule has 8 atom stereocenters. The highest BCUT2D eigenvalue weighted by Crippen LogP contribution is 2.64. The fourth-order valence-corrected chi connectivity index (χ4v) is 6.21. The van der Waals surface area contributed by atoms with E-state index in [1.807, 2.05) is 32.9 Å². The maximum absolute atomic E-state index is 12.6. The van der Waals surface area contributed by atoms with Gasteiger partial charge in [0.15, 0.2) is 17.3 Å². The van der Waals surface area contributed by atoms with E-state index in [1.54, 1.807) is 6.92 Å². The average Bonchev–Trinajstić information content (AvgIpc) is 3.28. The van der Waals surface area contributed by atoms with Gasteiger partial charge in [-0.15, -0.1) is 0 Å². The van der Waals surface area contributed by atoms with E-state index in [0.717, 1.165) is 11.1 Å². The van der Waals surface area contributed by atoms with Crippen LogP contribution in [0, 0.1) is 11.3 Å². The molecule has 1 spiro atoms. The molecule has 8 nitrogen and oxygen atoms in total. The van der Waals surface area contributed by atoms with Crippen LogP contribution < -0.4 is 0 Å². The molecule has 8 heteroatoms. The van der Waals surface area contributed by atoms with Gasteiger partial charge < -0.3 is 24.1 Å². The number of fused-ring (bicyclic) bond motifs is 1. The van der Waals surface area contributed by atoms with Gasteiger partial charge in [0.1, 0.15) is 12.2 Å². The topological polar surface area (TPSA) is 112 Å². The molecule has 0 aromatic rings. The predicted octanol–water partition coefficient (Wildman–Crippen LogP) is 2.38. The van der Waals surface area contributed by atoms with Crippen LogP contribution in [0.1, 0.15) is 60.8 Å². The molecule has 4 aliphatic rings. The van der Waals surface area contributed by atoms with E-state index in [-0.39, 0.29) is 0 Å². The van der Waals surface area contributed by atoms with Crippen LogP contribution in [0.15, 0.2) is 23.3 Å². The number of allylic oxidation sites excluding steroid dienone is 1. The van der Waals surface area contributed by atoms with Crippen molar-refractivity contribution in [3.63, 3.8) is 0 Å². The van der Waals surface area contributed by atoms with Crippen LogP contribution in [0.3, 0.4) is 0 Å². The number of aliphatic hydroxyl groups excluding tert-OH is 1. The zero-order valence-corrected chi connectivity index (χ0v) is 19.5. The lowest BCUT2D eigenvalue weighted by Crippen LogP contribution is -2.60. The number of ether oxygens (including phenoxy) is 4. The Balaban J connectivity index is 1.90. The van der Waals surface area contributed by atoms with E-state index in [0.29, 0.717) is 19.3 Å². The first-order valence-electron chi connectivity index (χ1n) is 11.2. The molecule has 2 heterocycles. The number of hydrogen-bond acceptors (Lipinski definition) is 8. The number of carbonyl (C=O) groups is 3. The Bertz CT molecular complexity index is 921. The standard InChI is InChI=1S/C24H32O8/c1-12-7-9-16(29-14(3)25)22(5)17(30-15(4)26)10-8-13(2)19(22)20(27)24-18(11-12)31-21(28)23(24,6)32-24/h8,11,16-20,27H,7,9-10H2,1-6H3/t16-,17+,18+,19-,20-,22+,23-,24+/m1/s1. The van der Waals surface area contributed by atoms with Crippen molar-refractivity contribution in [1.29, 1.82) is 0 Å². The molecule has 0 bridgehead atoms. The summed E-state index contributed by atoms with van der Waals surface area (Å²) in [7, 11) is 0. The molecular formula is C24H32O8. The zero-order chi connectivity index (χ0) is 23.6. The second-order valence-corrected chi connectivity index (χ2v) is 9.97. The minimum absolute atomic E-state index is 0.432. The van der Waals surface area contributed by atoms with Gasteiger partial charge in [0.2, 0.25) is 0 Å². The van der Waals surface area contributed by atoms with Crippen molar-refractivity contribution in [3.05, 3.63) is 23.3 Å². The van der Waals surface area contributed by atoms with Crippen molar-refractivity contribution in [1.82, 2.24) is 0 Å². The van der Waals surface area contributed by atoms with Crippen molar-refractivity contribution in [2.24, 2.45) is 11.3 Å². The number of epoxide rings is 1. The van der Waals surface area contributed by atoms with Crippen LogP contribution in [-0.4, -0.2) is 58.6 Å². The molecule has 0 amide bonds. The zero-order valence-electron chi connectivity index (χ0n) is 19.5. The third kappa shape index (κ3) is 3.06. The van der Waals surface area contributed by atoms with Gasteiger partial charge in [-0.05, 0) is 39.7 Å². The van der Waals surface area contributed by atoms with Crippen molar-refractivity contribution >= 4 is 17.9 Å². The minimum Gasteiger partial charge on any atom is -0.462 e. The molecule has 0 aromatic heterocycles. The van der Waals surface area contributed by atoms with Gasteiger partial charge >= 0.3 is 17.9 Å². The first-order valence-corrected chi connectivity index (χ1v) is 11.2. The largest absolute Gasteiger partial charge is 0.462 e. The van der Waals surface area contributed by atoms with E-state index in [1.165, 1.54) is 13.8 Å². The van der Waals surface area contributed by atoms with E-state index >= 15 is 0 Å². The fourth-order valence-electron chi connectivity index (χ4n) is 6.21. The molecule has 0 unspecified atom stereocenters. The van der Waals surface area contributed by atoms with Crippen molar-refractivity contribution in [2.75, 3.05) is 0 Å². The molecular weight excluding hydrogens is 416 g/mol. The molecule has 4 rings (SSSR count). The quantitative estimate of drug-likeness (QED) is 0.297. The molecule has 176 valence electrons. The Morgan fingerprint density at radius 1 is 1.12 bits per heavy atom. The first-order chi connectivity index (χ1) is 14.9.